The summed E-state index contributed by atoms with van der Waals surface area (Å²) in [6.45, 7) is 8.49. The van der Waals surface area contributed by atoms with E-state index in [4.69, 9.17) is 4.74 Å². The van der Waals surface area contributed by atoms with Gasteiger partial charge in [-0.15, -0.1) is 0 Å². The molecular formula is C29H36FN5O4. The Kier molecular flexibility index (Phi) is 9.47. The van der Waals surface area contributed by atoms with Gasteiger partial charge in [0, 0.05) is 32.4 Å². The van der Waals surface area contributed by atoms with Crippen molar-refractivity contribution in [2.75, 3.05) is 42.8 Å². The summed E-state index contributed by atoms with van der Waals surface area (Å²) in [5.74, 6) is -0.930. The van der Waals surface area contributed by atoms with Crippen LogP contribution in [0.2, 0.25) is 0 Å². The van der Waals surface area contributed by atoms with Crippen LogP contribution in [0.1, 0.15) is 35.3 Å². The van der Waals surface area contributed by atoms with Gasteiger partial charge in [0.25, 0.3) is 11.5 Å². The highest BCUT2D eigenvalue weighted by molar-refractivity contribution is 6.08. The number of nitrogens with one attached hydrogen (secondary N) is 2. The maximum absolute atomic E-state index is 14.8. The molecule has 9 nitrogen and oxygen atoms in total. The zero-order valence-electron chi connectivity index (χ0n) is 23.5. The molecule has 2 aromatic carbocycles. The van der Waals surface area contributed by atoms with Crippen molar-refractivity contribution in [1.82, 2.24) is 9.47 Å². The van der Waals surface area contributed by atoms with Gasteiger partial charge in [-0.25, -0.2) is 4.39 Å². The van der Waals surface area contributed by atoms with Gasteiger partial charge in [-0.1, -0.05) is 26.0 Å². The van der Waals surface area contributed by atoms with Crippen LogP contribution >= 0.6 is 0 Å². The lowest BCUT2D eigenvalue weighted by atomic mass is 10.1. The summed E-state index contributed by atoms with van der Waals surface area (Å²) in [6, 6.07) is 11.9. The van der Waals surface area contributed by atoms with Crippen molar-refractivity contribution in [1.29, 1.82) is 0 Å². The van der Waals surface area contributed by atoms with Gasteiger partial charge in [-0.05, 0) is 49.7 Å². The molecule has 0 bridgehead atoms. The number of carbonyl (C=O) groups is 2. The first kappa shape index (κ1) is 29.4. The zero-order chi connectivity index (χ0) is 28.9. The minimum Gasteiger partial charge on any atom is -0.378 e. The van der Waals surface area contributed by atoms with Crippen molar-refractivity contribution >= 4 is 40.9 Å². The molecule has 1 aliphatic heterocycles. The molecule has 1 fully saturated rings. The number of benzene rings is 2. The van der Waals surface area contributed by atoms with Gasteiger partial charge in [0.2, 0.25) is 6.41 Å². The van der Waals surface area contributed by atoms with Gasteiger partial charge in [0.1, 0.15) is 17.2 Å². The molecule has 10 heteroatoms. The molecule has 4 rings (SSSR count). The molecule has 0 unspecified atom stereocenters. The molecule has 3 aromatic rings. The highest BCUT2D eigenvalue weighted by Crippen LogP contribution is 2.36. The van der Waals surface area contributed by atoms with Crippen LogP contribution in [0.15, 0.2) is 47.3 Å². The maximum Gasteiger partial charge on any atom is 0.259 e. The van der Waals surface area contributed by atoms with Crippen LogP contribution in [0.4, 0.5) is 33.0 Å². The molecule has 1 aliphatic rings. The molecule has 1 saturated heterocycles. The predicted molar refractivity (Wildman–Crippen MR) is 153 cm³/mol. The van der Waals surface area contributed by atoms with E-state index < -0.39 is 17.3 Å². The topological polar surface area (TPSA) is 95.9 Å². The lowest BCUT2D eigenvalue weighted by Gasteiger charge is -2.29. The minimum absolute atomic E-state index is 0.0578. The molecule has 208 valence electrons. The standard InChI is InChI=1S/C27H30FN5O4.C2H6/c1-16-9-10-22(21(28)11-16)30-25-23(27(36)31(3)4)24(17(2)26(35)32(25)5)33(15-34)20-8-6-7-18(12-20)29-19-13-37-14-19;1-2/h6-12,15,19,29-30H,13-14H2,1-5H3;1-2H3. The number of amides is 2. The Hall–Kier alpha value is -4.18. The Morgan fingerprint density at radius 3 is 2.38 bits per heavy atom. The van der Waals surface area contributed by atoms with Crippen molar-refractivity contribution in [3.63, 3.8) is 0 Å². The Morgan fingerprint density at radius 2 is 1.82 bits per heavy atom. The number of anilines is 5. The maximum atomic E-state index is 14.8. The van der Waals surface area contributed by atoms with E-state index in [9.17, 15) is 18.8 Å². The summed E-state index contributed by atoms with van der Waals surface area (Å²) in [6.07, 6.45) is 0.566. The summed E-state index contributed by atoms with van der Waals surface area (Å²) < 4.78 is 21.3. The first-order chi connectivity index (χ1) is 18.6. The third-order valence-corrected chi connectivity index (χ3v) is 6.27. The molecule has 2 N–H and O–H groups in total. The normalized spacial score (nSPS) is 12.5. The van der Waals surface area contributed by atoms with Crippen molar-refractivity contribution in [3.05, 3.63) is 75.3 Å². The van der Waals surface area contributed by atoms with Crippen molar-refractivity contribution in [3.8, 4) is 0 Å². The molecule has 0 spiro atoms. The van der Waals surface area contributed by atoms with Crippen molar-refractivity contribution in [2.45, 2.75) is 33.7 Å². The van der Waals surface area contributed by atoms with E-state index in [0.29, 0.717) is 25.3 Å². The van der Waals surface area contributed by atoms with Crippen molar-refractivity contribution in [2.24, 2.45) is 7.05 Å². The fourth-order valence-corrected chi connectivity index (χ4v) is 4.19. The third kappa shape index (κ3) is 6.12. The van der Waals surface area contributed by atoms with Crippen LogP contribution in [-0.2, 0) is 16.6 Å². The Balaban J connectivity index is 0.00000205. The Bertz CT molecular complexity index is 1420. The fourth-order valence-electron chi connectivity index (χ4n) is 4.19. The zero-order valence-corrected chi connectivity index (χ0v) is 23.5. The van der Waals surface area contributed by atoms with Crippen LogP contribution in [0.3, 0.4) is 0 Å². The Labute approximate surface area is 228 Å². The Morgan fingerprint density at radius 1 is 1.13 bits per heavy atom. The number of halogens is 1. The van der Waals surface area contributed by atoms with E-state index in [2.05, 4.69) is 10.6 Å². The van der Waals surface area contributed by atoms with E-state index in [1.807, 2.05) is 19.9 Å². The van der Waals surface area contributed by atoms with Gasteiger partial charge in [0.15, 0.2) is 0 Å². The molecule has 0 aliphatic carbocycles. The van der Waals surface area contributed by atoms with Gasteiger partial charge in [0.05, 0.1) is 36.3 Å². The number of aromatic nitrogens is 1. The number of pyridine rings is 1. The summed E-state index contributed by atoms with van der Waals surface area (Å²) >= 11 is 0. The third-order valence-electron chi connectivity index (χ3n) is 6.27. The summed E-state index contributed by atoms with van der Waals surface area (Å²) in [5.41, 5.74) is 1.97. The number of hydrogen-bond donors (Lipinski definition) is 2. The first-order valence-corrected chi connectivity index (χ1v) is 12.8. The summed E-state index contributed by atoms with van der Waals surface area (Å²) in [7, 11) is 4.63. The quantitative estimate of drug-likeness (QED) is 0.404. The molecular weight excluding hydrogens is 501 g/mol. The number of rotatable bonds is 8. The largest absolute Gasteiger partial charge is 0.378 e. The van der Waals surface area contributed by atoms with Gasteiger partial charge < -0.3 is 20.3 Å². The van der Waals surface area contributed by atoms with E-state index in [1.54, 1.807) is 52.2 Å². The molecule has 0 saturated carbocycles. The van der Waals surface area contributed by atoms with Crippen molar-refractivity contribution < 1.29 is 18.7 Å². The highest BCUT2D eigenvalue weighted by Gasteiger charge is 2.29. The minimum atomic E-state index is -0.538. The molecule has 2 heterocycles. The van der Waals surface area contributed by atoms with Crippen LogP contribution in [0.25, 0.3) is 0 Å². The SMILES string of the molecule is CC.Cc1ccc(Nc2c(C(=O)N(C)C)c(N(C=O)c3cccc(NC4COC4)c3)c(C)c(=O)n2C)c(F)c1. The molecule has 2 amide bonds. The lowest BCUT2D eigenvalue weighted by molar-refractivity contribution is -0.106. The van der Waals surface area contributed by atoms with Crippen LogP contribution < -0.4 is 21.1 Å². The number of nitrogens with zero attached hydrogens (tertiary/aromatic N) is 3. The van der Waals surface area contributed by atoms with Gasteiger partial charge in [-0.3, -0.25) is 23.9 Å². The smallest absolute Gasteiger partial charge is 0.259 e. The second-order valence-electron chi connectivity index (χ2n) is 9.27. The lowest BCUT2D eigenvalue weighted by Crippen LogP contribution is -2.40. The second-order valence-corrected chi connectivity index (χ2v) is 9.27. The number of ether oxygens (including phenoxy) is 1. The van der Waals surface area contributed by atoms with E-state index in [1.165, 1.54) is 33.5 Å². The van der Waals surface area contributed by atoms with E-state index >= 15 is 0 Å². The highest BCUT2D eigenvalue weighted by atomic mass is 19.1. The summed E-state index contributed by atoms with van der Waals surface area (Å²) in [4.78, 5) is 42.0. The van der Waals surface area contributed by atoms with Gasteiger partial charge >= 0.3 is 0 Å². The molecule has 1 aromatic heterocycles. The van der Waals surface area contributed by atoms with Crippen LogP contribution in [0.5, 0.6) is 0 Å². The molecule has 0 atom stereocenters. The summed E-state index contributed by atoms with van der Waals surface area (Å²) in [5, 5.41) is 6.27. The van der Waals surface area contributed by atoms with E-state index in [-0.39, 0.29) is 34.4 Å². The van der Waals surface area contributed by atoms with E-state index in [0.717, 1.165) is 11.3 Å². The average molecular weight is 538 g/mol. The number of aryl methyl sites for hydroxylation is 1. The van der Waals surface area contributed by atoms with Crippen LogP contribution in [-0.4, -0.2) is 55.1 Å². The van der Waals surface area contributed by atoms with Gasteiger partial charge in [-0.2, -0.15) is 0 Å². The fraction of sp³-hybridized carbons (Fsp3) is 0.345. The van der Waals surface area contributed by atoms with Crippen LogP contribution in [0, 0.1) is 19.7 Å². The predicted octanol–water partition coefficient (Wildman–Crippen LogP) is 4.72. The molecule has 0 radical (unpaired) electrons. The number of hydrogen-bond acceptors (Lipinski definition) is 6. The number of carbonyl (C=O) groups excluding carboxylic acids is 2. The molecule has 39 heavy (non-hydrogen) atoms. The second kappa shape index (κ2) is 12.6. The monoisotopic (exact) mass is 537 g/mol. The average Bonchev–Trinajstić information content (AvgIpc) is 2.90. The first-order valence-electron chi connectivity index (χ1n) is 12.8.